The third-order valence-corrected chi connectivity index (χ3v) is 2.54. The summed E-state index contributed by atoms with van der Waals surface area (Å²) in [4.78, 5) is 0. The van der Waals surface area contributed by atoms with Crippen LogP contribution >= 0.6 is 0 Å². The Morgan fingerprint density at radius 3 is 2.86 bits per heavy atom. The molecule has 14 heavy (non-hydrogen) atoms. The van der Waals surface area contributed by atoms with E-state index in [1.54, 1.807) is 0 Å². The summed E-state index contributed by atoms with van der Waals surface area (Å²) in [6, 6.07) is 8.25. The van der Waals surface area contributed by atoms with Crippen LogP contribution in [-0.2, 0) is 0 Å². The van der Waals surface area contributed by atoms with Gasteiger partial charge in [0.15, 0.2) is 0 Å². The molecule has 0 bridgehead atoms. The quantitative estimate of drug-likeness (QED) is 0.572. The maximum Gasteiger partial charge on any atom is 0.145 e. The predicted octanol–water partition coefficient (Wildman–Crippen LogP) is 1.44. The first-order chi connectivity index (χ1) is 6.88. The second kappa shape index (κ2) is 2.62. The van der Waals surface area contributed by atoms with Crippen LogP contribution in [0.25, 0.3) is 6.08 Å². The molecule has 2 aliphatic rings. The van der Waals surface area contributed by atoms with E-state index in [0.29, 0.717) is 0 Å². The number of anilines is 1. The minimum absolute atomic E-state index is 0.256. The summed E-state index contributed by atoms with van der Waals surface area (Å²) >= 11 is 0. The second-order valence-corrected chi connectivity index (χ2v) is 3.52. The van der Waals surface area contributed by atoms with Gasteiger partial charge in [0.25, 0.3) is 0 Å². The molecule has 2 heterocycles. The number of benzene rings is 1. The molecule has 0 aromatic heterocycles. The molecule has 1 spiro atoms. The predicted molar refractivity (Wildman–Crippen MR) is 57.2 cm³/mol. The summed E-state index contributed by atoms with van der Waals surface area (Å²) in [6.07, 6.45) is 8.17. The Hall–Kier alpha value is -1.74. The maximum atomic E-state index is 3.43. The summed E-state index contributed by atoms with van der Waals surface area (Å²) in [6.45, 7) is 0. The van der Waals surface area contributed by atoms with E-state index in [1.807, 2.05) is 18.3 Å². The van der Waals surface area contributed by atoms with Crippen LogP contribution < -0.4 is 16.2 Å². The molecule has 1 unspecified atom stereocenters. The van der Waals surface area contributed by atoms with Gasteiger partial charge in [-0.1, -0.05) is 24.3 Å². The summed E-state index contributed by atoms with van der Waals surface area (Å²) in [5, 5.41) is 3.43. The van der Waals surface area contributed by atoms with Crippen LogP contribution in [0.1, 0.15) is 5.56 Å². The summed E-state index contributed by atoms with van der Waals surface area (Å²) in [7, 11) is 0. The number of hydrogen-bond donors (Lipinski definition) is 3. The number of fused-ring (bicyclic) bond motifs is 1. The average Bonchev–Trinajstić information content (AvgIpc) is 2.66. The van der Waals surface area contributed by atoms with Crippen LogP contribution in [0.5, 0.6) is 0 Å². The summed E-state index contributed by atoms with van der Waals surface area (Å²) in [5.74, 6) is 0. The zero-order valence-corrected chi connectivity index (χ0v) is 7.62. The van der Waals surface area contributed by atoms with Crippen LogP contribution in [0.4, 0.5) is 5.69 Å². The number of rotatable bonds is 0. The molecule has 0 radical (unpaired) electrons. The molecule has 0 aliphatic carbocycles. The minimum Gasteiger partial charge on any atom is -0.359 e. The highest BCUT2D eigenvalue weighted by Gasteiger charge is 2.29. The molecule has 70 valence electrons. The molecule has 0 fully saturated rings. The third kappa shape index (κ3) is 1.03. The van der Waals surface area contributed by atoms with Crippen LogP contribution in [0.3, 0.4) is 0 Å². The lowest BCUT2D eigenvalue weighted by molar-refractivity contribution is 0.532. The highest BCUT2D eigenvalue weighted by atomic mass is 15.5. The van der Waals surface area contributed by atoms with Crippen molar-refractivity contribution in [2.75, 3.05) is 5.32 Å². The molecular weight excluding hydrogens is 174 g/mol. The van der Waals surface area contributed by atoms with Gasteiger partial charge in [-0.3, -0.25) is 0 Å². The second-order valence-electron chi connectivity index (χ2n) is 3.52. The SMILES string of the molecule is C1=CC2(C=Cc3ccccc3N2)NN1. The van der Waals surface area contributed by atoms with Crippen molar-refractivity contribution in [3.8, 4) is 0 Å². The van der Waals surface area contributed by atoms with Crippen molar-refractivity contribution < 1.29 is 0 Å². The molecule has 3 N–H and O–H groups in total. The summed E-state index contributed by atoms with van der Waals surface area (Å²) in [5.41, 5.74) is 8.24. The van der Waals surface area contributed by atoms with E-state index in [1.165, 1.54) is 5.56 Å². The fraction of sp³-hybridized carbons (Fsp3) is 0.0909. The molecule has 3 nitrogen and oxygen atoms in total. The van der Waals surface area contributed by atoms with Gasteiger partial charge in [-0.05, 0) is 23.8 Å². The smallest absolute Gasteiger partial charge is 0.145 e. The molecule has 0 saturated heterocycles. The van der Waals surface area contributed by atoms with Gasteiger partial charge in [-0.2, -0.15) is 0 Å². The van der Waals surface area contributed by atoms with E-state index in [9.17, 15) is 0 Å². The Morgan fingerprint density at radius 2 is 2.00 bits per heavy atom. The van der Waals surface area contributed by atoms with E-state index < -0.39 is 0 Å². The van der Waals surface area contributed by atoms with E-state index in [0.717, 1.165) is 5.69 Å². The number of hydrogen-bond acceptors (Lipinski definition) is 3. The lowest BCUT2D eigenvalue weighted by atomic mass is 10.0. The topological polar surface area (TPSA) is 36.1 Å². The molecule has 3 rings (SSSR count). The van der Waals surface area contributed by atoms with Crippen molar-refractivity contribution in [3.05, 3.63) is 48.2 Å². The number of hydrazine groups is 1. The largest absolute Gasteiger partial charge is 0.359 e. The molecule has 0 amide bonds. The highest BCUT2D eigenvalue weighted by molar-refractivity contribution is 5.73. The first-order valence-electron chi connectivity index (χ1n) is 4.65. The first kappa shape index (κ1) is 7.64. The Morgan fingerprint density at radius 1 is 1.07 bits per heavy atom. The van der Waals surface area contributed by atoms with Gasteiger partial charge < -0.3 is 10.7 Å². The average molecular weight is 185 g/mol. The zero-order chi connectivity index (χ0) is 9.43. The monoisotopic (exact) mass is 185 g/mol. The molecular formula is C11H11N3. The highest BCUT2D eigenvalue weighted by Crippen LogP contribution is 2.27. The van der Waals surface area contributed by atoms with Gasteiger partial charge in [-0.25, -0.2) is 5.43 Å². The zero-order valence-electron chi connectivity index (χ0n) is 7.62. The molecule has 1 atom stereocenters. The van der Waals surface area contributed by atoms with Gasteiger partial charge in [-0.15, -0.1) is 0 Å². The van der Waals surface area contributed by atoms with E-state index >= 15 is 0 Å². The van der Waals surface area contributed by atoms with Crippen LogP contribution in [-0.4, -0.2) is 5.66 Å². The van der Waals surface area contributed by atoms with Crippen LogP contribution in [0.15, 0.2) is 42.6 Å². The van der Waals surface area contributed by atoms with E-state index in [4.69, 9.17) is 0 Å². The minimum atomic E-state index is -0.256. The summed E-state index contributed by atoms with van der Waals surface area (Å²) < 4.78 is 0. The van der Waals surface area contributed by atoms with Crippen molar-refractivity contribution in [3.63, 3.8) is 0 Å². The van der Waals surface area contributed by atoms with Gasteiger partial charge in [0.05, 0.1) is 0 Å². The fourth-order valence-electron chi connectivity index (χ4n) is 1.79. The number of nitrogens with one attached hydrogen (secondary N) is 3. The third-order valence-electron chi connectivity index (χ3n) is 2.54. The molecule has 0 saturated carbocycles. The standard InChI is InChI=1S/C11H11N3/c1-2-4-10-9(3-1)5-6-11(13-10)7-8-12-14-11/h1-8,12-14H. The van der Waals surface area contributed by atoms with Gasteiger partial charge >= 0.3 is 0 Å². The van der Waals surface area contributed by atoms with Crippen LogP contribution in [0, 0.1) is 0 Å². The Kier molecular flexibility index (Phi) is 1.43. The molecule has 1 aromatic carbocycles. The van der Waals surface area contributed by atoms with Gasteiger partial charge in [0.2, 0.25) is 0 Å². The van der Waals surface area contributed by atoms with Crippen molar-refractivity contribution in [2.45, 2.75) is 5.66 Å². The number of para-hydroxylation sites is 1. The van der Waals surface area contributed by atoms with E-state index in [-0.39, 0.29) is 5.66 Å². The lowest BCUT2D eigenvalue weighted by Gasteiger charge is -2.30. The Balaban J connectivity index is 2.04. The normalized spacial score (nSPS) is 27.1. The Labute approximate surface area is 82.5 Å². The van der Waals surface area contributed by atoms with Crippen LogP contribution in [0.2, 0.25) is 0 Å². The molecule has 3 heteroatoms. The molecule has 1 aromatic rings. The maximum absolute atomic E-state index is 3.43. The van der Waals surface area contributed by atoms with Gasteiger partial charge in [0, 0.05) is 11.9 Å². The molecule has 2 aliphatic heterocycles. The fourth-order valence-corrected chi connectivity index (χ4v) is 1.79. The van der Waals surface area contributed by atoms with Gasteiger partial charge in [0.1, 0.15) is 5.66 Å². The van der Waals surface area contributed by atoms with Crippen molar-refractivity contribution in [2.24, 2.45) is 0 Å². The van der Waals surface area contributed by atoms with Crippen molar-refractivity contribution in [1.29, 1.82) is 0 Å². The van der Waals surface area contributed by atoms with E-state index in [2.05, 4.69) is 46.5 Å². The lowest BCUT2D eigenvalue weighted by Crippen LogP contribution is -2.50. The van der Waals surface area contributed by atoms with Crippen molar-refractivity contribution in [1.82, 2.24) is 10.9 Å². The van der Waals surface area contributed by atoms with Crippen molar-refractivity contribution >= 4 is 11.8 Å². The first-order valence-corrected chi connectivity index (χ1v) is 4.65. The Bertz CT molecular complexity index is 422.